The minimum Gasteiger partial charge on any atom is -0.309 e. The summed E-state index contributed by atoms with van der Waals surface area (Å²) in [5.41, 5.74) is 26.9. The van der Waals surface area contributed by atoms with Crippen LogP contribution in [0.4, 0.5) is 0 Å². The highest BCUT2D eigenvalue weighted by Gasteiger charge is 2.23. The molecule has 0 spiro atoms. The monoisotopic (exact) mass is 1150 g/mol. The minimum absolute atomic E-state index is 0.780. The molecule has 14 aromatic carbocycles. The molecule has 20 rings (SSSR count). The quantitative estimate of drug-likeness (QED) is 0.163. The van der Waals surface area contributed by atoms with Crippen molar-refractivity contribution in [1.29, 1.82) is 0 Å². The van der Waals surface area contributed by atoms with Crippen LogP contribution in [0.3, 0.4) is 0 Å². The molecule has 0 amide bonds. The Bertz CT molecular complexity index is 5930. The van der Waals surface area contributed by atoms with E-state index >= 15 is 0 Å². The third kappa shape index (κ3) is 8.06. The fraction of sp³-hybridized carbons (Fsp3) is 0.0118. The maximum atomic E-state index is 6.21. The predicted molar refractivity (Wildman–Crippen MR) is 378 cm³/mol. The van der Waals surface area contributed by atoms with E-state index in [2.05, 4.69) is 323 Å². The normalized spacial score (nSPS) is 12.1. The zero-order valence-electron chi connectivity index (χ0n) is 48.4. The SMILES string of the molecule is Clc1ccc2c3cccc4c5ccccc5n(c2c1)c43.c1ccc(-c2ccc(-c3cccc4c3Cc3ccccc3-4)cc2)cc1.c1ccc(-c2ccc(-c3cccc4c5ccccc5n(-c5ccc6c7cccc8c9ccccc9n(c6c5)c87)c34)cc2)cc1. The van der Waals surface area contributed by atoms with Crippen molar-refractivity contribution in [2.45, 2.75) is 6.42 Å². The average molecular weight is 1150 g/mol. The molecule has 0 radical (unpaired) electrons. The lowest BCUT2D eigenvalue weighted by atomic mass is 9.94. The molecule has 5 heterocycles. The average Bonchev–Trinajstić information content (AvgIpc) is 1.58. The molecule has 0 unspecified atom stereocenters. The molecule has 0 aliphatic heterocycles. The standard InChI is InChI=1S/C42H26N2.C25H18.C18H10ClN/c1-2-10-27(11-3-1)28-20-22-29(23-21-28)31-14-8-15-35-32-12-4-6-18-38(32)43(41(31)35)30-24-25-34-37-17-9-16-36-33-13-5-7-19-39(33)44(42(36)37)40(34)26-30;1-2-7-18(8-3-1)19-13-15-20(16-14-19)22-11-6-12-24-23-10-5-4-9-21(23)17-25(22)24;19-11-8-9-13-15-6-3-5-14-12-4-1-2-7-16(12)20(18(14)15)17(13)10-11/h1-26H;1-16H,17H2;1-10H. The van der Waals surface area contributed by atoms with Crippen LogP contribution in [-0.2, 0) is 6.42 Å². The summed E-state index contributed by atoms with van der Waals surface area (Å²) in [5, 5.41) is 13.7. The van der Waals surface area contributed by atoms with Crippen LogP contribution in [0.1, 0.15) is 11.1 Å². The van der Waals surface area contributed by atoms with Crippen molar-refractivity contribution in [3.63, 3.8) is 0 Å². The van der Waals surface area contributed by atoms with Crippen molar-refractivity contribution in [1.82, 2.24) is 13.4 Å². The van der Waals surface area contributed by atoms with Gasteiger partial charge in [-0.2, -0.15) is 0 Å². The molecule has 0 fully saturated rings. The van der Waals surface area contributed by atoms with Gasteiger partial charge in [0.25, 0.3) is 0 Å². The van der Waals surface area contributed by atoms with Gasteiger partial charge in [0, 0.05) is 70.1 Å². The van der Waals surface area contributed by atoms with Gasteiger partial charge in [0.1, 0.15) is 0 Å². The van der Waals surface area contributed by atoms with Gasteiger partial charge in [0.05, 0.1) is 44.1 Å². The van der Waals surface area contributed by atoms with E-state index in [0.717, 1.165) is 11.4 Å². The van der Waals surface area contributed by atoms with Crippen molar-refractivity contribution in [2.75, 3.05) is 0 Å². The fourth-order valence-electron chi connectivity index (χ4n) is 14.9. The van der Waals surface area contributed by atoms with Crippen LogP contribution in [0.25, 0.3) is 159 Å². The summed E-state index contributed by atoms with van der Waals surface area (Å²) in [6, 6.07) is 114. The summed E-state index contributed by atoms with van der Waals surface area (Å²) in [7, 11) is 0. The zero-order chi connectivity index (χ0) is 58.7. The number of benzene rings is 14. The van der Waals surface area contributed by atoms with E-state index in [0.29, 0.717) is 0 Å². The molecule has 19 aromatic rings. The van der Waals surface area contributed by atoms with Crippen molar-refractivity contribution in [3.8, 4) is 61.3 Å². The molecule has 0 saturated carbocycles. The van der Waals surface area contributed by atoms with Gasteiger partial charge in [-0.15, -0.1) is 0 Å². The molecule has 3 nitrogen and oxygen atoms in total. The largest absolute Gasteiger partial charge is 0.309 e. The Labute approximate surface area is 519 Å². The molecule has 1 aliphatic rings. The maximum absolute atomic E-state index is 6.21. The van der Waals surface area contributed by atoms with E-state index in [4.69, 9.17) is 11.6 Å². The van der Waals surface area contributed by atoms with E-state index < -0.39 is 0 Å². The highest BCUT2D eigenvalue weighted by molar-refractivity contribution is 6.32. The van der Waals surface area contributed by atoms with Crippen LogP contribution in [0, 0.1) is 0 Å². The second-order valence-corrected chi connectivity index (χ2v) is 24.0. The van der Waals surface area contributed by atoms with Crippen LogP contribution in [0.15, 0.2) is 315 Å². The highest BCUT2D eigenvalue weighted by atomic mass is 35.5. The van der Waals surface area contributed by atoms with Gasteiger partial charge < -0.3 is 13.4 Å². The summed E-state index contributed by atoms with van der Waals surface area (Å²) in [6.07, 6.45) is 1.03. The first-order valence-electron chi connectivity index (χ1n) is 30.6. The van der Waals surface area contributed by atoms with E-state index in [9.17, 15) is 0 Å². The number of hydrogen-bond donors (Lipinski definition) is 0. The Morgan fingerprint density at radius 2 is 0.618 bits per heavy atom. The highest BCUT2D eigenvalue weighted by Crippen LogP contribution is 2.45. The lowest BCUT2D eigenvalue weighted by molar-refractivity contribution is 1.18. The molecular weight excluding hydrogens is 1100 g/mol. The predicted octanol–water partition coefficient (Wildman–Crippen LogP) is 23.3. The molecular formula is C85H54ClN3. The summed E-state index contributed by atoms with van der Waals surface area (Å²) in [6.45, 7) is 0. The third-order valence-electron chi connectivity index (χ3n) is 18.8. The molecule has 0 saturated heterocycles. The van der Waals surface area contributed by atoms with Crippen molar-refractivity contribution >= 4 is 110 Å². The Hall–Kier alpha value is -11.2. The molecule has 4 heteroatoms. The Balaban J connectivity index is 0.000000110. The molecule has 5 aromatic heterocycles. The third-order valence-corrected chi connectivity index (χ3v) is 19.0. The number of nitrogens with zero attached hydrogens (tertiary/aromatic N) is 3. The van der Waals surface area contributed by atoms with Crippen LogP contribution in [0.5, 0.6) is 0 Å². The Morgan fingerprint density at radius 3 is 1.21 bits per heavy atom. The molecule has 0 N–H and O–H groups in total. The number of para-hydroxylation sites is 6. The zero-order valence-corrected chi connectivity index (χ0v) is 49.2. The fourth-order valence-corrected chi connectivity index (χ4v) is 15.0. The van der Waals surface area contributed by atoms with Gasteiger partial charge in [-0.3, -0.25) is 0 Å². The second kappa shape index (κ2) is 20.5. The second-order valence-electron chi connectivity index (χ2n) is 23.6. The van der Waals surface area contributed by atoms with Crippen LogP contribution < -0.4 is 0 Å². The van der Waals surface area contributed by atoms with Crippen molar-refractivity contribution < 1.29 is 0 Å². The number of rotatable bonds is 5. The first-order valence-corrected chi connectivity index (χ1v) is 31.0. The number of fused-ring (bicyclic) bond motifs is 18. The van der Waals surface area contributed by atoms with E-state index in [-0.39, 0.29) is 0 Å². The van der Waals surface area contributed by atoms with Crippen molar-refractivity contribution in [2.24, 2.45) is 0 Å². The number of halogens is 1. The van der Waals surface area contributed by atoms with E-state index in [1.54, 1.807) is 0 Å². The lowest BCUT2D eigenvalue weighted by Gasteiger charge is -2.13. The first-order chi connectivity index (χ1) is 44.1. The summed E-state index contributed by atoms with van der Waals surface area (Å²) in [4.78, 5) is 0. The topological polar surface area (TPSA) is 13.8 Å². The van der Waals surface area contributed by atoms with Gasteiger partial charge in [0.15, 0.2) is 0 Å². The summed E-state index contributed by atoms with van der Waals surface area (Å²) >= 11 is 6.21. The van der Waals surface area contributed by atoms with Crippen LogP contribution in [0.2, 0.25) is 5.02 Å². The molecule has 416 valence electrons. The first kappa shape index (κ1) is 51.0. The Kier molecular flexibility index (Phi) is 11.7. The number of hydrogen-bond acceptors (Lipinski definition) is 0. The smallest absolute Gasteiger partial charge is 0.0620 e. The molecule has 1 aliphatic carbocycles. The maximum Gasteiger partial charge on any atom is 0.0620 e. The van der Waals surface area contributed by atoms with Crippen LogP contribution in [-0.4, -0.2) is 13.4 Å². The molecule has 0 bridgehead atoms. The summed E-state index contributed by atoms with van der Waals surface area (Å²) < 4.78 is 7.27. The van der Waals surface area contributed by atoms with E-state index in [1.165, 1.54) is 170 Å². The van der Waals surface area contributed by atoms with E-state index in [1.807, 2.05) is 6.07 Å². The molecule has 89 heavy (non-hydrogen) atoms. The minimum atomic E-state index is 0.780. The van der Waals surface area contributed by atoms with Gasteiger partial charge >= 0.3 is 0 Å². The Morgan fingerprint density at radius 1 is 0.236 bits per heavy atom. The molecule has 0 atom stereocenters. The van der Waals surface area contributed by atoms with Crippen LogP contribution >= 0.6 is 11.6 Å². The van der Waals surface area contributed by atoms with Gasteiger partial charge in [0.2, 0.25) is 0 Å². The summed E-state index contributed by atoms with van der Waals surface area (Å²) in [5.74, 6) is 0. The van der Waals surface area contributed by atoms with Crippen molar-refractivity contribution in [3.05, 3.63) is 332 Å². The van der Waals surface area contributed by atoms with Gasteiger partial charge in [-0.1, -0.05) is 285 Å². The van der Waals surface area contributed by atoms with Gasteiger partial charge in [-0.25, -0.2) is 0 Å². The van der Waals surface area contributed by atoms with Gasteiger partial charge in [-0.05, 0) is 110 Å². The lowest BCUT2D eigenvalue weighted by Crippen LogP contribution is -1.96. The number of aromatic nitrogens is 3.